The second-order valence-electron chi connectivity index (χ2n) is 3.13. The number of aromatic nitrogens is 2. The van der Waals surface area contributed by atoms with Gasteiger partial charge >= 0.3 is 0 Å². The molecule has 5 nitrogen and oxygen atoms in total. The molecule has 1 aromatic heterocycles. The van der Waals surface area contributed by atoms with E-state index in [1.165, 1.54) is 13.1 Å². The maximum absolute atomic E-state index is 13.4. The third-order valence-corrected chi connectivity index (χ3v) is 2.69. The molecule has 7 heteroatoms. The first-order valence-corrected chi connectivity index (χ1v) is 5.55. The van der Waals surface area contributed by atoms with Gasteiger partial charge in [-0.15, -0.1) is 5.10 Å². The minimum atomic E-state index is -0.399. The molecule has 0 radical (unpaired) electrons. The van der Waals surface area contributed by atoms with Crippen LogP contribution in [-0.4, -0.2) is 22.5 Å². The molecule has 88 valence electrons. The molecule has 0 unspecified atom stereocenters. The van der Waals surface area contributed by atoms with Crippen LogP contribution in [0.2, 0.25) is 0 Å². The van der Waals surface area contributed by atoms with Crippen LogP contribution in [0.15, 0.2) is 24.3 Å². The average molecular weight is 252 g/mol. The number of nitrogens with zero attached hydrogens (tertiary/aromatic N) is 2. The van der Waals surface area contributed by atoms with Gasteiger partial charge in [0.2, 0.25) is 0 Å². The molecule has 1 amide bonds. The fourth-order valence-corrected chi connectivity index (χ4v) is 1.80. The summed E-state index contributed by atoms with van der Waals surface area (Å²) in [6, 6.07) is 6.18. The molecule has 0 atom stereocenters. The predicted octanol–water partition coefficient (Wildman–Crippen LogP) is 1.78. The van der Waals surface area contributed by atoms with E-state index in [1.807, 2.05) is 0 Å². The molecular weight excluding hydrogens is 243 g/mol. The zero-order valence-corrected chi connectivity index (χ0v) is 9.71. The van der Waals surface area contributed by atoms with Crippen molar-refractivity contribution in [1.82, 2.24) is 14.9 Å². The average Bonchev–Trinajstić information content (AvgIpc) is 2.79. The fraction of sp³-hybridized carbons (Fsp3) is 0.100. The third kappa shape index (κ3) is 2.39. The lowest BCUT2D eigenvalue weighted by Gasteiger charge is -2.05. The van der Waals surface area contributed by atoms with Gasteiger partial charge in [0.05, 0.1) is 5.69 Å². The highest BCUT2D eigenvalue weighted by atomic mass is 32.1. The Morgan fingerprint density at radius 1 is 1.41 bits per heavy atom. The topological polar surface area (TPSA) is 66.9 Å². The Kier molecular flexibility index (Phi) is 3.29. The van der Waals surface area contributed by atoms with Crippen LogP contribution in [0, 0.1) is 5.82 Å². The molecule has 0 fully saturated rings. The van der Waals surface area contributed by atoms with Crippen molar-refractivity contribution in [3.05, 3.63) is 35.8 Å². The van der Waals surface area contributed by atoms with Gasteiger partial charge in [0.15, 0.2) is 5.69 Å². The van der Waals surface area contributed by atoms with Gasteiger partial charge in [0.25, 0.3) is 5.91 Å². The van der Waals surface area contributed by atoms with Crippen LogP contribution >= 0.6 is 11.5 Å². The van der Waals surface area contributed by atoms with Gasteiger partial charge in [-0.2, -0.15) is 0 Å². The Morgan fingerprint density at radius 2 is 2.18 bits per heavy atom. The number of hydrogen-bond donors (Lipinski definition) is 2. The van der Waals surface area contributed by atoms with Crippen molar-refractivity contribution in [2.24, 2.45) is 0 Å². The molecule has 2 aromatic rings. The van der Waals surface area contributed by atoms with E-state index in [0.717, 1.165) is 11.5 Å². The zero-order valence-electron chi connectivity index (χ0n) is 8.90. The summed E-state index contributed by atoms with van der Waals surface area (Å²) in [6.07, 6.45) is 0. The Labute approximate surface area is 101 Å². The summed E-state index contributed by atoms with van der Waals surface area (Å²) >= 11 is 0.997. The van der Waals surface area contributed by atoms with Crippen molar-refractivity contribution in [3.8, 4) is 0 Å². The van der Waals surface area contributed by atoms with Gasteiger partial charge in [0.1, 0.15) is 10.8 Å². The van der Waals surface area contributed by atoms with Crippen LogP contribution in [0.25, 0.3) is 0 Å². The second-order valence-corrected chi connectivity index (χ2v) is 3.89. The van der Waals surface area contributed by atoms with Crippen LogP contribution in [0.3, 0.4) is 0 Å². The molecule has 0 spiro atoms. The van der Waals surface area contributed by atoms with Gasteiger partial charge < -0.3 is 10.6 Å². The SMILES string of the molecule is CNC(=O)c1nnsc1Nc1ccccc1F. The molecule has 1 heterocycles. The van der Waals surface area contributed by atoms with Crippen LogP contribution in [-0.2, 0) is 0 Å². The number of hydrogen-bond acceptors (Lipinski definition) is 5. The number of rotatable bonds is 3. The number of para-hydroxylation sites is 1. The molecule has 0 saturated heterocycles. The monoisotopic (exact) mass is 252 g/mol. The first-order valence-electron chi connectivity index (χ1n) is 4.78. The highest BCUT2D eigenvalue weighted by Gasteiger charge is 2.16. The van der Waals surface area contributed by atoms with Crippen LogP contribution < -0.4 is 10.6 Å². The third-order valence-electron chi connectivity index (χ3n) is 2.05. The van der Waals surface area contributed by atoms with Crippen molar-refractivity contribution in [3.63, 3.8) is 0 Å². The van der Waals surface area contributed by atoms with Gasteiger partial charge in [-0.05, 0) is 12.1 Å². The summed E-state index contributed by atoms with van der Waals surface area (Å²) in [5.74, 6) is -0.763. The van der Waals surface area contributed by atoms with Gasteiger partial charge in [0, 0.05) is 18.6 Å². The molecule has 0 saturated carbocycles. The van der Waals surface area contributed by atoms with E-state index in [9.17, 15) is 9.18 Å². The Bertz CT molecular complexity index is 543. The predicted molar refractivity (Wildman–Crippen MR) is 63.0 cm³/mol. The maximum Gasteiger partial charge on any atom is 0.274 e. The molecule has 17 heavy (non-hydrogen) atoms. The van der Waals surface area contributed by atoms with E-state index in [2.05, 4.69) is 20.2 Å². The fourth-order valence-electron chi connectivity index (χ4n) is 1.22. The minimum Gasteiger partial charge on any atom is -0.354 e. The molecule has 2 rings (SSSR count). The van der Waals surface area contributed by atoms with Gasteiger partial charge in [-0.3, -0.25) is 4.79 Å². The van der Waals surface area contributed by atoms with Crippen molar-refractivity contribution in [2.75, 3.05) is 12.4 Å². The molecule has 0 aliphatic carbocycles. The van der Waals surface area contributed by atoms with Crippen molar-refractivity contribution in [1.29, 1.82) is 0 Å². The van der Waals surface area contributed by atoms with E-state index < -0.39 is 5.82 Å². The lowest BCUT2D eigenvalue weighted by atomic mass is 10.3. The highest BCUT2D eigenvalue weighted by Crippen LogP contribution is 2.24. The Morgan fingerprint density at radius 3 is 2.88 bits per heavy atom. The van der Waals surface area contributed by atoms with E-state index in [1.54, 1.807) is 18.2 Å². The number of anilines is 2. The number of carbonyl (C=O) groups is 1. The van der Waals surface area contributed by atoms with Crippen LogP contribution in [0.1, 0.15) is 10.5 Å². The van der Waals surface area contributed by atoms with Crippen LogP contribution in [0.4, 0.5) is 15.1 Å². The van der Waals surface area contributed by atoms with Crippen molar-refractivity contribution >= 4 is 28.1 Å². The summed E-state index contributed by atoms with van der Waals surface area (Å²) in [5, 5.41) is 9.33. The highest BCUT2D eigenvalue weighted by molar-refractivity contribution is 7.10. The second kappa shape index (κ2) is 4.88. The first kappa shape index (κ1) is 11.5. The smallest absolute Gasteiger partial charge is 0.274 e. The lowest BCUT2D eigenvalue weighted by molar-refractivity contribution is 0.0959. The van der Waals surface area contributed by atoms with Crippen LogP contribution in [0.5, 0.6) is 0 Å². The Hall–Kier alpha value is -2.02. The summed E-state index contributed by atoms with van der Waals surface area (Å²) in [4.78, 5) is 11.4. The standard InChI is InChI=1S/C10H9FN4OS/c1-12-9(16)8-10(17-15-14-8)13-7-5-3-2-4-6(7)11/h2-5,13H,1H3,(H,12,16). The van der Waals surface area contributed by atoms with Crippen molar-refractivity contribution < 1.29 is 9.18 Å². The van der Waals surface area contributed by atoms with E-state index in [0.29, 0.717) is 5.00 Å². The molecule has 0 bridgehead atoms. The number of nitrogens with one attached hydrogen (secondary N) is 2. The zero-order chi connectivity index (χ0) is 12.3. The summed E-state index contributed by atoms with van der Waals surface area (Å²) in [5.41, 5.74) is 0.435. The first-order chi connectivity index (χ1) is 8.22. The molecule has 1 aromatic carbocycles. The summed E-state index contributed by atoms with van der Waals surface area (Å²) in [6.45, 7) is 0. The van der Waals surface area contributed by atoms with Gasteiger partial charge in [-0.25, -0.2) is 4.39 Å². The number of benzene rings is 1. The summed E-state index contributed by atoms with van der Waals surface area (Å²) < 4.78 is 17.1. The molecule has 2 N–H and O–H groups in total. The number of halogens is 1. The van der Waals surface area contributed by atoms with Crippen molar-refractivity contribution in [2.45, 2.75) is 0 Å². The quantitative estimate of drug-likeness (QED) is 0.873. The molecule has 0 aliphatic heterocycles. The Balaban J connectivity index is 2.28. The van der Waals surface area contributed by atoms with E-state index >= 15 is 0 Å². The largest absolute Gasteiger partial charge is 0.354 e. The minimum absolute atomic E-state index is 0.153. The van der Waals surface area contributed by atoms with Gasteiger partial charge in [-0.1, -0.05) is 16.6 Å². The molecule has 0 aliphatic rings. The normalized spacial score (nSPS) is 10.0. The number of carbonyl (C=O) groups excluding carboxylic acids is 1. The molecular formula is C10H9FN4OS. The summed E-state index contributed by atoms with van der Waals surface area (Å²) in [7, 11) is 1.49. The van der Waals surface area contributed by atoms with E-state index in [4.69, 9.17) is 0 Å². The maximum atomic E-state index is 13.4. The van der Waals surface area contributed by atoms with E-state index in [-0.39, 0.29) is 17.3 Å². The lowest BCUT2D eigenvalue weighted by Crippen LogP contribution is -2.19. The number of amides is 1.